The number of rotatable bonds is 29. The van der Waals surface area contributed by atoms with Crippen LogP contribution in [-0.4, -0.2) is 129 Å². The van der Waals surface area contributed by atoms with E-state index in [1.54, 1.807) is 0 Å². The van der Waals surface area contributed by atoms with Crippen molar-refractivity contribution in [1.82, 2.24) is 0 Å². The summed E-state index contributed by atoms with van der Waals surface area (Å²) < 4.78 is 54.7. The molecule has 0 aliphatic heterocycles. The Labute approximate surface area is 248 Å². The van der Waals surface area contributed by atoms with Crippen LogP contribution >= 0.6 is 0 Å². The van der Waals surface area contributed by atoms with Crippen LogP contribution in [0.4, 0.5) is 0 Å². The summed E-state index contributed by atoms with van der Waals surface area (Å²) in [6.45, 7) is 7.03. The molecule has 0 aliphatic rings. The molecule has 12 nitrogen and oxygen atoms in total. The molecule has 238 valence electrons. The molecule has 0 saturated heterocycles. The van der Waals surface area contributed by atoms with Gasteiger partial charge in [-0.15, -0.1) is 0 Å². The summed E-state index contributed by atoms with van der Waals surface area (Å²) in [7, 11) is 0. The fourth-order valence-electron chi connectivity index (χ4n) is 3.23. The van der Waals surface area contributed by atoms with E-state index in [4.69, 9.17) is 57.6 Å². The molecule has 0 atom stereocenters. The Kier molecular flexibility index (Phi) is 22.0. The van der Waals surface area contributed by atoms with Gasteiger partial charge in [-0.2, -0.15) is 0 Å². The largest absolute Gasteiger partial charge is 0.491 e. The van der Waals surface area contributed by atoms with Gasteiger partial charge in [-0.3, -0.25) is 0 Å². The first-order chi connectivity index (χ1) is 20.8. The summed E-state index contributed by atoms with van der Waals surface area (Å²) in [5.74, 6) is 2.95. The third kappa shape index (κ3) is 19.4. The highest BCUT2D eigenvalue weighted by Gasteiger charge is 2.00. The summed E-state index contributed by atoms with van der Waals surface area (Å²) in [5, 5.41) is 17.2. The maximum atomic E-state index is 8.62. The molecule has 2 aromatic rings. The van der Waals surface area contributed by atoms with E-state index in [1.807, 2.05) is 48.5 Å². The van der Waals surface area contributed by atoms with Gasteiger partial charge in [0.15, 0.2) is 0 Å². The molecule has 12 heteroatoms. The number of benzene rings is 2. The minimum atomic E-state index is 0.0155. The summed E-state index contributed by atoms with van der Waals surface area (Å²) in [4.78, 5) is 0. The van der Waals surface area contributed by atoms with Crippen LogP contribution in [0.3, 0.4) is 0 Å². The minimum Gasteiger partial charge on any atom is -0.491 e. The van der Waals surface area contributed by atoms with E-state index in [1.165, 1.54) is 0 Å². The van der Waals surface area contributed by atoms with Crippen molar-refractivity contribution in [3.63, 3.8) is 0 Å². The van der Waals surface area contributed by atoms with Crippen molar-refractivity contribution in [2.24, 2.45) is 0 Å². The number of hydrogen-bond donors (Lipinski definition) is 2. The maximum Gasteiger partial charge on any atom is 0.119 e. The SMILES string of the molecule is OCCOCCOCCOc1ccc(OCCOCCOCCOc2ccc(OCCOCCOCCO)cc2)cc1. The zero-order valence-electron chi connectivity index (χ0n) is 24.3. The van der Waals surface area contributed by atoms with Crippen molar-refractivity contribution in [2.75, 3.05) is 119 Å². The van der Waals surface area contributed by atoms with Crippen LogP contribution in [0, 0.1) is 0 Å². The molecular formula is C30H46O12. The van der Waals surface area contributed by atoms with Crippen LogP contribution in [0.1, 0.15) is 0 Å². The smallest absolute Gasteiger partial charge is 0.119 e. The predicted octanol–water partition coefficient (Wildman–Crippen LogP) is 1.99. The number of aliphatic hydroxyl groups is 2. The number of aliphatic hydroxyl groups excluding tert-OH is 2. The molecule has 2 rings (SSSR count). The average molecular weight is 599 g/mol. The fraction of sp³-hybridized carbons (Fsp3) is 0.600. The van der Waals surface area contributed by atoms with Gasteiger partial charge in [-0.1, -0.05) is 0 Å². The molecule has 0 aromatic heterocycles. The molecule has 0 aliphatic carbocycles. The van der Waals surface area contributed by atoms with Crippen molar-refractivity contribution >= 4 is 0 Å². The van der Waals surface area contributed by atoms with Gasteiger partial charge in [-0.25, -0.2) is 0 Å². The van der Waals surface area contributed by atoms with Gasteiger partial charge in [-0.05, 0) is 48.5 Å². The van der Waals surface area contributed by atoms with E-state index in [0.717, 1.165) is 23.0 Å². The molecule has 0 amide bonds. The lowest BCUT2D eigenvalue weighted by Crippen LogP contribution is -2.13. The van der Waals surface area contributed by atoms with Crippen LogP contribution in [0.25, 0.3) is 0 Å². The van der Waals surface area contributed by atoms with Gasteiger partial charge in [0.25, 0.3) is 0 Å². The highest BCUT2D eigenvalue weighted by atomic mass is 16.6. The molecule has 0 unspecified atom stereocenters. The molecule has 42 heavy (non-hydrogen) atoms. The monoisotopic (exact) mass is 598 g/mol. The molecule has 0 bridgehead atoms. The third-order valence-corrected chi connectivity index (χ3v) is 5.22. The third-order valence-electron chi connectivity index (χ3n) is 5.22. The van der Waals surface area contributed by atoms with Crippen LogP contribution in [0.15, 0.2) is 48.5 Å². The van der Waals surface area contributed by atoms with Gasteiger partial charge in [0, 0.05) is 0 Å². The van der Waals surface area contributed by atoms with Crippen molar-refractivity contribution in [2.45, 2.75) is 0 Å². The van der Waals surface area contributed by atoms with E-state index in [9.17, 15) is 0 Å². The Morgan fingerprint density at radius 1 is 0.286 bits per heavy atom. The predicted molar refractivity (Wildman–Crippen MR) is 154 cm³/mol. The summed E-state index contributed by atoms with van der Waals surface area (Å²) in [6.07, 6.45) is 0. The summed E-state index contributed by atoms with van der Waals surface area (Å²) in [6, 6.07) is 14.8. The average Bonchev–Trinajstić information content (AvgIpc) is 3.02. The van der Waals surface area contributed by atoms with Gasteiger partial charge >= 0.3 is 0 Å². The van der Waals surface area contributed by atoms with Gasteiger partial charge in [0.2, 0.25) is 0 Å². The Balaban J connectivity index is 1.37. The normalized spacial score (nSPS) is 11.0. The van der Waals surface area contributed by atoms with E-state index < -0.39 is 0 Å². The minimum absolute atomic E-state index is 0.0155. The van der Waals surface area contributed by atoms with E-state index in [-0.39, 0.29) is 13.2 Å². The fourth-order valence-corrected chi connectivity index (χ4v) is 3.23. The highest BCUT2D eigenvalue weighted by Crippen LogP contribution is 2.18. The quantitative estimate of drug-likeness (QED) is 0.133. The molecule has 0 fully saturated rings. The van der Waals surface area contributed by atoms with Gasteiger partial charge < -0.3 is 57.6 Å². The van der Waals surface area contributed by atoms with Gasteiger partial charge in [0.1, 0.15) is 49.4 Å². The zero-order chi connectivity index (χ0) is 29.8. The Hall–Kier alpha value is -2.68. The Morgan fingerprint density at radius 3 is 0.690 bits per heavy atom. The Bertz CT molecular complexity index is 779. The van der Waals surface area contributed by atoms with Crippen LogP contribution in [-0.2, 0) is 28.4 Å². The number of ether oxygens (including phenoxy) is 10. The second-order valence-corrected chi connectivity index (χ2v) is 8.46. The first-order valence-corrected chi connectivity index (χ1v) is 14.2. The lowest BCUT2D eigenvalue weighted by molar-refractivity contribution is 0.0246. The van der Waals surface area contributed by atoms with Crippen LogP contribution < -0.4 is 18.9 Å². The van der Waals surface area contributed by atoms with E-state index >= 15 is 0 Å². The van der Waals surface area contributed by atoms with E-state index in [2.05, 4.69) is 0 Å². The van der Waals surface area contributed by atoms with Crippen LogP contribution in [0.2, 0.25) is 0 Å². The molecule has 0 spiro atoms. The molecule has 0 saturated carbocycles. The molecule has 2 aromatic carbocycles. The van der Waals surface area contributed by atoms with E-state index in [0.29, 0.717) is 106 Å². The number of hydrogen-bond acceptors (Lipinski definition) is 12. The molecule has 2 N–H and O–H groups in total. The summed E-state index contributed by atoms with van der Waals surface area (Å²) >= 11 is 0. The van der Waals surface area contributed by atoms with Crippen molar-refractivity contribution in [3.8, 4) is 23.0 Å². The maximum absolute atomic E-state index is 8.62. The molecule has 0 heterocycles. The van der Waals surface area contributed by atoms with Crippen molar-refractivity contribution in [1.29, 1.82) is 0 Å². The van der Waals surface area contributed by atoms with Gasteiger partial charge in [0.05, 0.1) is 92.5 Å². The van der Waals surface area contributed by atoms with Crippen molar-refractivity contribution in [3.05, 3.63) is 48.5 Å². The van der Waals surface area contributed by atoms with Crippen molar-refractivity contribution < 1.29 is 57.6 Å². The molecular weight excluding hydrogens is 552 g/mol. The first kappa shape index (κ1) is 35.5. The lowest BCUT2D eigenvalue weighted by Gasteiger charge is -2.10. The second-order valence-electron chi connectivity index (χ2n) is 8.46. The second kappa shape index (κ2) is 26.0. The molecule has 0 radical (unpaired) electrons. The lowest BCUT2D eigenvalue weighted by atomic mass is 10.3. The Morgan fingerprint density at radius 2 is 0.476 bits per heavy atom. The topological polar surface area (TPSA) is 133 Å². The van der Waals surface area contributed by atoms with Crippen LogP contribution in [0.5, 0.6) is 23.0 Å². The highest BCUT2D eigenvalue weighted by molar-refractivity contribution is 5.32. The zero-order valence-corrected chi connectivity index (χ0v) is 24.3. The summed E-state index contributed by atoms with van der Waals surface area (Å²) in [5.41, 5.74) is 0. The first-order valence-electron chi connectivity index (χ1n) is 14.2. The standard InChI is InChI=1S/C30H46O12/c31-9-11-33-13-15-35-19-23-39-27-1-5-29(6-2-27)41-25-21-37-17-18-38-22-26-42-30-7-3-28(4-8-30)40-24-20-36-16-14-34-12-10-32/h1-8,31-32H,9-26H2.